The van der Waals surface area contributed by atoms with Gasteiger partial charge in [-0.15, -0.1) is 5.10 Å². The van der Waals surface area contributed by atoms with Crippen LogP contribution in [0.3, 0.4) is 0 Å². The van der Waals surface area contributed by atoms with E-state index in [4.69, 9.17) is 0 Å². The van der Waals surface area contributed by atoms with Crippen LogP contribution in [0, 0.1) is 0 Å². The summed E-state index contributed by atoms with van der Waals surface area (Å²) in [5, 5.41) is 7.72. The van der Waals surface area contributed by atoms with Crippen molar-refractivity contribution in [3.05, 3.63) is 60.4 Å². The summed E-state index contributed by atoms with van der Waals surface area (Å²) in [6, 6.07) is 4.75. The monoisotopic (exact) mass is 390 g/mol. The summed E-state index contributed by atoms with van der Waals surface area (Å²) in [5.41, 5.74) is -0.485. The number of nitrogens with zero attached hydrogens (tertiary/aromatic N) is 6. The van der Waals surface area contributed by atoms with Gasteiger partial charge in [-0.2, -0.15) is 13.2 Å². The molecule has 1 amide bonds. The molecule has 4 rings (SSSR count). The summed E-state index contributed by atoms with van der Waals surface area (Å²) >= 11 is 0. The fourth-order valence-electron chi connectivity index (χ4n) is 3.39. The molecule has 1 saturated heterocycles. The van der Waals surface area contributed by atoms with E-state index in [1.165, 1.54) is 23.0 Å². The topological polar surface area (TPSA) is 68.8 Å². The first kappa shape index (κ1) is 18.2. The molecule has 3 aromatic rings. The Morgan fingerprint density at radius 1 is 1.29 bits per heavy atom. The van der Waals surface area contributed by atoms with Crippen LogP contribution in [0.25, 0.3) is 5.69 Å². The van der Waals surface area contributed by atoms with Gasteiger partial charge in [-0.05, 0) is 31.0 Å². The van der Waals surface area contributed by atoms with Crippen molar-refractivity contribution < 1.29 is 18.0 Å². The first-order valence-corrected chi connectivity index (χ1v) is 8.78. The molecule has 146 valence electrons. The highest BCUT2D eigenvalue weighted by Crippen LogP contribution is 2.30. The zero-order valence-electron chi connectivity index (χ0n) is 14.8. The van der Waals surface area contributed by atoms with Gasteiger partial charge in [0.1, 0.15) is 0 Å². The van der Waals surface area contributed by atoms with Gasteiger partial charge in [-0.1, -0.05) is 11.3 Å². The number of carbonyl (C=O) groups excluding carboxylic acids is 1. The number of rotatable bonds is 4. The number of hydrogen-bond donors (Lipinski definition) is 0. The molecule has 0 bridgehead atoms. The summed E-state index contributed by atoms with van der Waals surface area (Å²) in [5.74, 6) is -0.277. The predicted molar refractivity (Wildman–Crippen MR) is 92.6 cm³/mol. The van der Waals surface area contributed by atoms with Crippen LogP contribution >= 0.6 is 0 Å². The van der Waals surface area contributed by atoms with Gasteiger partial charge < -0.3 is 9.47 Å². The van der Waals surface area contributed by atoms with Gasteiger partial charge in [-0.3, -0.25) is 4.79 Å². The average molecular weight is 390 g/mol. The Morgan fingerprint density at radius 2 is 2.14 bits per heavy atom. The van der Waals surface area contributed by atoms with E-state index in [9.17, 15) is 18.0 Å². The number of halogens is 3. The van der Waals surface area contributed by atoms with E-state index in [2.05, 4.69) is 15.3 Å². The van der Waals surface area contributed by atoms with Crippen LogP contribution in [0.5, 0.6) is 0 Å². The van der Waals surface area contributed by atoms with Gasteiger partial charge in [-0.25, -0.2) is 9.67 Å². The first-order valence-electron chi connectivity index (χ1n) is 8.78. The van der Waals surface area contributed by atoms with E-state index in [0.29, 0.717) is 13.1 Å². The molecule has 0 spiro atoms. The molecule has 28 heavy (non-hydrogen) atoms. The van der Waals surface area contributed by atoms with Crippen LogP contribution in [-0.4, -0.2) is 47.9 Å². The van der Waals surface area contributed by atoms with E-state index in [0.717, 1.165) is 25.0 Å². The maximum atomic E-state index is 12.9. The predicted octanol–water partition coefficient (Wildman–Crippen LogP) is 2.79. The fourth-order valence-corrected chi connectivity index (χ4v) is 3.39. The zero-order chi connectivity index (χ0) is 19.7. The van der Waals surface area contributed by atoms with Crippen molar-refractivity contribution in [1.29, 1.82) is 0 Å². The Bertz CT molecular complexity index is 966. The molecule has 1 aromatic carbocycles. The van der Waals surface area contributed by atoms with E-state index in [-0.39, 0.29) is 23.3 Å². The Balaban J connectivity index is 1.53. The highest BCUT2D eigenvalue weighted by atomic mass is 19.4. The second-order valence-electron chi connectivity index (χ2n) is 6.65. The van der Waals surface area contributed by atoms with Crippen molar-refractivity contribution in [3.63, 3.8) is 0 Å². The van der Waals surface area contributed by atoms with Gasteiger partial charge >= 0.3 is 6.18 Å². The average Bonchev–Trinajstić information content (AvgIpc) is 3.43. The number of benzene rings is 1. The standard InChI is InChI=1S/C18H17F3N6O/c19-18(20,21)13-3-1-4-14(9-13)27-11-16(23-24-27)17(28)26-7-2-5-15(26)10-25-8-6-22-12-25/h1,3-4,6,8-9,11-12,15H,2,5,7,10H2. The third kappa shape index (κ3) is 3.62. The molecular weight excluding hydrogens is 373 g/mol. The molecule has 1 aliphatic heterocycles. The molecule has 1 fully saturated rings. The summed E-state index contributed by atoms with van der Waals surface area (Å²) in [4.78, 5) is 18.6. The zero-order valence-corrected chi connectivity index (χ0v) is 14.8. The second kappa shape index (κ2) is 7.10. The number of carbonyl (C=O) groups is 1. The third-order valence-electron chi connectivity index (χ3n) is 4.77. The Kier molecular flexibility index (Phi) is 4.62. The minimum absolute atomic E-state index is 0.0143. The lowest BCUT2D eigenvalue weighted by molar-refractivity contribution is -0.137. The van der Waals surface area contributed by atoms with Crippen LogP contribution in [-0.2, 0) is 12.7 Å². The van der Waals surface area contributed by atoms with E-state index in [1.807, 2.05) is 10.8 Å². The summed E-state index contributed by atoms with van der Waals surface area (Å²) in [7, 11) is 0. The van der Waals surface area contributed by atoms with Gasteiger partial charge in [0.15, 0.2) is 5.69 Å². The van der Waals surface area contributed by atoms with E-state index >= 15 is 0 Å². The molecular formula is C18H17F3N6O. The first-order chi connectivity index (χ1) is 13.4. The van der Waals surface area contributed by atoms with Crippen LogP contribution in [0.4, 0.5) is 13.2 Å². The largest absolute Gasteiger partial charge is 0.416 e. The van der Waals surface area contributed by atoms with Crippen molar-refractivity contribution in [3.8, 4) is 5.69 Å². The third-order valence-corrected chi connectivity index (χ3v) is 4.77. The SMILES string of the molecule is O=C(c1cn(-c2cccc(C(F)(F)F)c2)nn1)N1CCCC1Cn1ccnc1. The van der Waals surface area contributed by atoms with Crippen LogP contribution in [0.15, 0.2) is 49.2 Å². The fraction of sp³-hybridized carbons (Fsp3) is 0.333. The number of likely N-dealkylation sites (tertiary alicyclic amines) is 1. The summed E-state index contributed by atoms with van der Waals surface area (Å²) in [6.45, 7) is 1.24. The number of amides is 1. The smallest absolute Gasteiger partial charge is 0.335 e. The maximum Gasteiger partial charge on any atom is 0.416 e. The lowest BCUT2D eigenvalue weighted by Gasteiger charge is -2.24. The summed E-state index contributed by atoms with van der Waals surface area (Å²) in [6.07, 6.45) is 3.88. The second-order valence-corrected chi connectivity index (χ2v) is 6.65. The van der Waals surface area contributed by atoms with Gasteiger partial charge in [0.25, 0.3) is 5.91 Å². The molecule has 7 nitrogen and oxygen atoms in total. The molecule has 1 unspecified atom stereocenters. The Morgan fingerprint density at radius 3 is 2.89 bits per heavy atom. The molecule has 0 radical (unpaired) electrons. The quantitative estimate of drug-likeness (QED) is 0.687. The molecule has 3 heterocycles. The number of alkyl halides is 3. The molecule has 1 aliphatic rings. The molecule has 0 N–H and O–H groups in total. The number of hydrogen-bond acceptors (Lipinski definition) is 4. The normalized spacial score (nSPS) is 17.2. The number of imidazole rings is 1. The Hall–Kier alpha value is -3.17. The lowest BCUT2D eigenvalue weighted by Crippen LogP contribution is -2.38. The van der Waals surface area contributed by atoms with Crippen molar-refractivity contribution in [2.24, 2.45) is 0 Å². The van der Waals surface area contributed by atoms with Gasteiger partial charge in [0.05, 0.1) is 29.8 Å². The molecule has 0 aliphatic carbocycles. The van der Waals surface area contributed by atoms with Crippen molar-refractivity contribution in [1.82, 2.24) is 29.4 Å². The molecule has 1 atom stereocenters. The highest BCUT2D eigenvalue weighted by molar-refractivity contribution is 5.92. The maximum absolute atomic E-state index is 12.9. The molecule has 10 heteroatoms. The van der Waals surface area contributed by atoms with Gasteiger partial charge in [0, 0.05) is 25.5 Å². The number of aromatic nitrogens is 5. The Labute approximate surface area is 158 Å². The molecule has 2 aromatic heterocycles. The highest BCUT2D eigenvalue weighted by Gasteiger charge is 2.32. The van der Waals surface area contributed by atoms with Crippen LogP contribution in [0.2, 0.25) is 0 Å². The minimum atomic E-state index is -4.45. The van der Waals surface area contributed by atoms with Crippen molar-refractivity contribution in [2.75, 3.05) is 6.54 Å². The van der Waals surface area contributed by atoms with E-state index in [1.54, 1.807) is 17.4 Å². The van der Waals surface area contributed by atoms with Crippen molar-refractivity contribution in [2.45, 2.75) is 31.6 Å². The van der Waals surface area contributed by atoms with Crippen LogP contribution < -0.4 is 0 Å². The van der Waals surface area contributed by atoms with Gasteiger partial charge in [0.2, 0.25) is 0 Å². The van der Waals surface area contributed by atoms with Crippen LogP contribution in [0.1, 0.15) is 28.9 Å². The van der Waals surface area contributed by atoms with E-state index < -0.39 is 11.7 Å². The summed E-state index contributed by atoms with van der Waals surface area (Å²) < 4.78 is 41.8. The molecule has 0 saturated carbocycles. The van der Waals surface area contributed by atoms with Crippen molar-refractivity contribution >= 4 is 5.91 Å². The minimum Gasteiger partial charge on any atom is -0.335 e. The lowest BCUT2D eigenvalue weighted by atomic mass is 10.2.